The zero-order valence-corrected chi connectivity index (χ0v) is 14.3. The first-order valence-corrected chi connectivity index (χ1v) is 9.38. The average molecular weight is 375 g/mol. The number of hydrogen-bond acceptors (Lipinski definition) is 3. The monoisotopic (exact) mass is 373 g/mol. The van der Waals surface area contributed by atoms with Crippen LogP contribution >= 0.6 is 38.9 Å². The first-order chi connectivity index (χ1) is 8.42. The predicted molar refractivity (Wildman–Crippen MR) is 80.9 cm³/mol. The fourth-order valence-electron chi connectivity index (χ4n) is 1.69. The molecule has 0 bridgehead atoms. The fourth-order valence-corrected chi connectivity index (χ4v) is 5.66. The molecular formula is C11H17BrClNO2S2. The van der Waals surface area contributed by atoms with Crippen molar-refractivity contribution in [3.05, 3.63) is 15.9 Å². The lowest BCUT2D eigenvalue weighted by Crippen LogP contribution is -2.33. The van der Waals surface area contributed by atoms with Crippen molar-refractivity contribution in [3.63, 3.8) is 0 Å². The van der Waals surface area contributed by atoms with Crippen LogP contribution in [0.25, 0.3) is 0 Å². The van der Waals surface area contributed by atoms with E-state index in [1.54, 1.807) is 11.4 Å². The van der Waals surface area contributed by atoms with Crippen LogP contribution in [0.5, 0.6) is 0 Å². The third kappa shape index (κ3) is 4.20. The van der Waals surface area contributed by atoms with Crippen molar-refractivity contribution in [2.75, 3.05) is 6.54 Å². The fraction of sp³-hybridized carbons (Fsp3) is 0.636. The minimum Gasteiger partial charge on any atom is -0.209 e. The highest BCUT2D eigenvalue weighted by Gasteiger charge is 2.22. The van der Waals surface area contributed by atoms with E-state index >= 15 is 0 Å². The maximum Gasteiger partial charge on any atom is 0.251 e. The molecule has 3 nitrogen and oxygen atoms in total. The quantitative estimate of drug-likeness (QED) is 0.737. The van der Waals surface area contributed by atoms with Crippen molar-refractivity contribution in [3.8, 4) is 0 Å². The van der Waals surface area contributed by atoms with Crippen LogP contribution < -0.4 is 4.72 Å². The molecule has 1 rings (SSSR count). The van der Waals surface area contributed by atoms with E-state index in [1.807, 2.05) is 0 Å². The van der Waals surface area contributed by atoms with E-state index < -0.39 is 10.0 Å². The topological polar surface area (TPSA) is 46.2 Å². The molecule has 0 aliphatic heterocycles. The van der Waals surface area contributed by atoms with E-state index in [2.05, 4.69) is 34.5 Å². The Balaban J connectivity index is 2.66. The second kappa shape index (κ2) is 7.24. The lowest BCUT2D eigenvalue weighted by molar-refractivity contribution is 0.460. The Morgan fingerprint density at radius 2 is 2.06 bits per heavy atom. The summed E-state index contributed by atoms with van der Waals surface area (Å²) in [4.78, 5) is 0. The van der Waals surface area contributed by atoms with Crippen molar-refractivity contribution < 1.29 is 8.42 Å². The molecule has 0 saturated carbocycles. The number of alkyl halides is 1. The normalized spacial score (nSPS) is 14.1. The summed E-state index contributed by atoms with van der Waals surface area (Å²) < 4.78 is 27.5. The zero-order valence-electron chi connectivity index (χ0n) is 10.3. The molecule has 1 N–H and O–H groups in total. The van der Waals surface area contributed by atoms with Crippen LogP contribution in [0, 0.1) is 5.92 Å². The summed E-state index contributed by atoms with van der Waals surface area (Å²) in [6.45, 7) is 4.39. The first-order valence-electron chi connectivity index (χ1n) is 5.79. The highest BCUT2D eigenvalue weighted by atomic mass is 79.9. The SMILES string of the molecule is CCC(CC)C(Cl)CNS(=O)(=O)c1sccc1Br. The van der Waals surface area contributed by atoms with Gasteiger partial charge >= 0.3 is 0 Å². The molecule has 0 aromatic carbocycles. The minimum absolute atomic E-state index is 0.173. The Labute approximate surface area is 126 Å². The Morgan fingerprint density at radius 1 is 1.44 bits per heavy atom. The second-order valence-corrected chi connectivity index (χ2v) is 8.29. The van der Waals surface area contributed by atoms with Gasteiger partial charge in [0.15, 0.2) is 0 Å². The molecule has 0 aliphatic carbocycles. The van der Waals surface area contributed by atoms with E-state index in [4.69, 9.17) is 11.6 Å². The summed E-state index contributed by atoms with van der Waals surface area (Å²) in [6.07, 6.45) is 1.91. The van der Waals surface area contributed by atoms with Gasteiger partial charge in [-0.15, -0.1) is 22.9 Å². The van der Waals surface area contributed by atoms with Crippen LogP contribution in [0.2, 0.25) is 0 Å². The molecule has 1 heterocycles. The average Bonchev–Trinajstić information content (AvgIpc) is 2.75. The van der Waals surface area contributed by atoms with E-state index in [9.17, 15) is 8.42 Å². The molecule has 1 aromatic heterocycles. The molecule has 1 unspecified atom stereocenters. The van der Waals surface area contributed by atoms with Crippen LogP contribution in [-0.4, -0.2) is 20.3 Å². The van der Waals surface area contributed by atoms with Gasteiger partial charge in [0.25, 0.3) is 10.0 Å². The van der Waals surface area contributed by atoms with Crippen molar-refractivity contribution in [1.29, 1.82) is 0 Å². The minimum atomic E-state index is -3.46. The highest BCUT2D eigenvalue weighted by Crippen LogP contribution is 2.27. The Hall–Kier alpha value is 0.380. The van der Waals surface area contributed by atoms with E-state index in [-0.39, 0.29) is 11.9 Å². The molecule has 0 saturated heterocycles. The van der Waals surface area contributed by atoms with E-state index in [1.165, 1.54) is 11.3 Å². The standard InChI is InChI=1S/C11H17BrClNO2S2/c1-3-8(4-2)10(13)7-14-18(15,16)11-9(12)5-6-17-11/h5-6,8,10,14H,3-4,7H2,1-2H3. The highest BCUT2D eigenvalue weighted by molar-refractivity contribution is 9.10. The van der Waals surface area contributed by atoms with Gasteiger partial charge < -0.3 is 0 Å². The Bertz CT molecular complexity index is 471. The summed E-state index contributed by atoms with van der Waals surface area (Å²) in [7, 11) is -3.46. The van der Waals surface area contributed by atoms with E-state index in [0.717, 1.165) is 12.8 Å². The van der Waals surface area contributed by atoms with Crippen LogP contribution in [0.4, 0.5) is 0 Å². The molecule has 0 aliphatic rings. The van der Waals surface area contributed by atoms with Gasteiger partial charge in [-0.25, -0.2) is 13.1 Å². The summed E-state index contributed by atoms with van der Waals surface area (Å²) in [5.41, 5.74) is 0. The molecule has 1 atom stereocenters. The smallest absolute Gasteiger partial charge is 0.209 e. The van der Waals surface area contributed by atoms with Crippen molar-refractivity contribution >= 4 is 48.9 Å². The van der Waals surface area contributed by atoms with Crippen molar-refractivity contribution in [2.45, 2.75) is 36.3 Å². The number of sulfonamides is 1. The van der Waals surface area contributed by atoms with Crippen LogP contribution in [0.3, 0.4) is 0 Å². The molecule has 0 radical (unpaired) electrons. The van der Waals surface area contributed by atoms with Gasteiger partial charge in [0, 0.05) is 16.4 Å². The predicted octanol–water partition coefficient (Wildman–Crippen LogP) is 3.83. The summed E-state index contributed by atoms with van der Waals surface area (Å²) in [6, 6.07) is 1.72. The number of hydrogen-bond donors (Lipinski definition) is 1. The summed E-state index contributed by atoms with van der Waals surface area (Å²) >= 11 is 10.6. The van der Waals surface area contributed by atoms with Gasteiger partial charge in [-0.05, 0) is 33.3 Å². The van der Waals surface area contributed by atoms with Gasteiger partial charge in [-0.2, -0.15) is 0 Å². The van der Waals surface area contributed by atoms with Crippen molar-refractivity contribution in [2.24, 2.45) is 5.92 Å². The van der Waals surface area contributed by atoms with Gasteiger partial charge in [0.2, 0.25) is 0 Å². The van der Waals surface area contributed by atoms with Crippen LogP contribution in [0.1, 0.15) is 26.7 Å². The maximum atomic E-state index is 12.0. The third-order valence-electron chi connectivity index (χ3n) is 2.86. The van der Waals surface area contributed by atoms with Crippen LogP contribution in [0.15, 0.2) is 20.1 Å². The molecule has 0 spiro atoms. The molecule has 7 heteroatoms. The largest absolute Gasteiger partial charge is 0.251 e. The molecular weight excluding hydrogens is 358 g/mol. The summed E-state index contributed by atoms with van der Waals surface area (Å²) in [5.74, 6) is 0.334. The number of halogens is 2. The first kappa shape index (κ1) is 16.4. The van der Waals surface area contributed by atoms with Gasteiger partial charge in [0.05, 0.1) is 0 Å². The van der Waals surface area contributed by atoms with Crippen molar-refractivity contribution in [1.82, 2.24) is 4.72 Å². The van der Waals surface area contributed by atoms with Gasteiger partial charge in [-0.1, -0.05) is 26.7 Å². The number of rotatable bonds is 7. The molecule has 104 valence electrons. The lowest BCUT2D eigenvalue weighted by Gasteiger charge is -2.19. The number of thiophene rings is 1. The third-order valence-corrected chi connectivity index (χ3v) is 7.46. The lowest BCUT2D eigenvalue weighted by atomic mass is 9.99. The summed E-state index contributed by atoms with van der Waals surface area (Å²) in [5, 5.41) is 1.56. The maximum absolute atomic E-state index is 12.0. The second-order valence-electron chi connectivity index (χ2n) is 4.00. The molecule has 0 amide bonds. The Morgan fingerprint density at radius 3 is 2.50 bits per heavy atom. The number of nitrogens with one attached hydrogen (secondary N) is 1. The van der Waals surface area contributed by atoms with Gasteiger partial charge in [0.1, 0.15) is 4.21 Å². The Kier molecular flexibility index (Phi) is 6.61. The van der Waals surface area contributed by atoms with Crippen LogP contribution in [-0.2, 0) is 10.0 Å². The molecule has 18 heavy (non-hydrogen) atoms. The molecule has 1 aromatic rings. The molecule has 0 fully saturated rings. The zero-order chi connectivity index (χ0) is 13.8. The van der Waals surface area contributed by atoms with E-state index in [0.29, 0.717) is 14.6 Å². The van der Waals surface area contributed by atoms with Gasteiger partial charge in [-0.3, -0.25) is 0 Å².